The van der Waals surface area contributed by atoms with Gasteiger partial charge in [-0.05, 0) is 79.7 Å². The van der Waals surface area contributed by atoms with E-state index in [9.17, 15) is 5.11 Å². The Kier molecular flexibility index (Phi) is 4.23. The van der Waals surface area contributed by atoms with Crippen LogP contribution in [0.3, 0.4) is 0 Å². The first kappa shape index (κ1) is 19.5. The molecule has 0 spiro atoms. The molecule has 3 aromatic rings. The topological polar surface area (TPSA) is 84.1 Å². The number of anilines is 1. The normalized spacial score (nSPS) is 24.1. The third kappa shape index (κ3) is 3.58. The Morgan fingerprint density at radius 3 is 2.50 bits per heavy atom. The summed E-state index contributed by atoms with van der Waals surface area (Å²) in [5.74, 6) is 1.12. The molecule has 2 saturated carbocycles. The second-order valence-electron chi connectivity index (χ2n) is 10.5. The van der Waals surface area contributed by atoms with Gasteiger partial charge >= 0.3 is 6.01 Å². The summed E-state index contributed by atoms with van der Waals surface area (Å²) >= 11 is 0. The number of hydrogen-bond donors (Lipinski definition) is 2. The molecule has 0 amide bonds. The van der Waals surface area contributed by atoms with Crippen LogP contribution in [0.2, 0.25) is 0 Å². The van der Waals surface area contributed by atoms with Gasteiger partial charge in [0.25, 0.3) is 5.89 Å². The van der Waals surface area contributed by atoms with E-state index in [0.717, 1.165) is 5.52 Å². The SMILES string of the molecule is Cc1cc(-c2nnc(NC3CC(C)(O)C3)o2)nc2c(C(C)(C)C)cc(C3CC3)cc12. The van der Waals surface area contributed by atoms with E-state index in [4.69, 9.17) is 9.40 Å². The molecule has 6 nitrogen and oxygen atoms in total. The Morgan fingerprint density at radius 2 is 1.87 bits per heavy atom. The van der Waals surface area contributed by atoms with Gasteiger partial charge in [-0.3, -0.25) is 0 Å². The molecule has 2 aromatic heterocycles. The molecule has 30 heavy (non-hydrogen) atoms. The van der Waals surface area contributed by atoms with Gasteiger partial charge in [0.15, 0.2) is 0 Å². The van der Waals surface area contributed by atoms with Crippen molar-refractivity contribution in [3.05, 3.63) is 34.9 Å². The number of fused-ring (bicyclic) bond motifs is 1. The second kappa shape index (κ2) is 6.51. The van der Waals surface area contributed by atoms with E-state index in [1.54, 1.807) is 0 Å². The predicted molar refractivity (Wildman–Crippen MR) is 118 cm³/mol. The van der Waals surface area contributed by atoms with Gasteiger partial charge in [-0.15, -0.1) is 5.10 Å². The number of nitrogens with zero attached hydrogens (tertiary/aromatic N) is 3. The van der Waals surface area contributed by atoms with E-state index in [0.29, 0.717) is 36.4 Å². The Balaban J connectivity index is 1.52. The first-order valence-corrected chi connectivity index (χ1v) is 10.9. The van der Waals surface area contributed by atoms with Crippen LogP contribution < -0.4 is 5.32 Å². The summed E-state index contributed by atoms with van der Waals surface area (Å²) in [6.07, 6.45) is 3.92. The van der Waals surface area contributed by atoms with Crippen LogP contribution in [0.15, 0.2) is 22.6 Å². The van der Waals surface area contributed by atoms with Crippen molar-refractivity contribution in [2.75, 3.05) is 5.32 Å². The largest absolute Gasteiger partial charge is 0.402 e. The zero-order chi connectivity index (χ0) is 21.3. The molecule has 0 aliphatic heterocycles. The summed E-state index contributed by atoms with van der Waals surface area (Å²) in [5.41, 5.74) is 4.98. The standard InChI is InChI=1S/C24H30N4O2/c1-13-8-19(21-27-28-22(30-21)25-16-11-24(5,29)12-16)26-20-17(13)9-15(14-6-7-14)10-18(20)23(2,3)4/h8-10,14,16,29H,6-7,11-12H2,1-5H3,(H,25,28). The first-order valence-electron chi connectivity index (χ1n) is 10.9. The van der Waals surface area contributed by atoms with Crippen LogP contribution in [0, 0.1) is 6.92 Å². The number of aliphatic hydroxyl groups is 1. The fraction of sp³-hybridized carbons (Fsp3) is 0.542. The molecule has 5 rings (SSSR count). The van der Waals surface area contributed by atoms with Crippen molar-refractivity contribution in [2.24, 2.45) is 0 Å². The van der Waals surface area contributed by atoms with E-state index in [-0.39, 0.29) is 11.5 Å². The quantitative estimate of drug-likeness (QED) is 0.628. The van der Waals surface area contributed by atoms with Gasteiger partial charge in [0, 0.05) is 11.4 Å². The van der Waals surface area contributed by atoms with Crippen LogP contribution in [0.4, 0.5) is 6.01 Å². The minimum Gasteiger partial charge on any atom is -0.402 e. The summed E-state index contributed by atoms with van der Waals surface area (Å²) in [7, 11) is 0. The number of rotatable bonds is 4. The van der Waals surface area contributed by atoms with Gasteiger partial charge in [-0.1, -0.05) is 31.9 Å². The summed E-state index contributed by atoms with van der Waals surface area (Å²) in [5, 5.41) is 22.7. The molecule has 2 heterocycles. The van der Waals surface area contributed by atoms with E-state index >= 15 is 0 Å². The molecule has 0 saturated heterocycles. The van der Waals surface area contributed by atoms with Crippen LogP contribution in [0.1, 0.15) is 76.0 Å². The van der Waals surface area contributed by atoms with Crippen molar-refractivity contribution in [3.8, 4) is 11.6 Å². The predicted octanol–water partition coefficient (Wildman–Crippen LogP) is 5.09. The van der Waals surface area contributed by atoms with Gasteiger partial charge in [0.05, 0.1) is 11.1 Å². The van der Waals surface area contributed by atoms with Crippen LogP contribution in [-0.2, 0) is 5.41 Å². The fourth-order valence-electron chi connectivity index (χ4n) is 4.51. The molecule has 6 heteroatoms. The van der Waals surface area contributed by atoms with Crippen LogP contribution >= 0.6 is 0 Å². The number of hydrogen-bond acceptors (Lipinski definition) is 6. The summed E-state index contributed by atoms with van der Waals surface area (Å²) in [6.45, 7) is 10.7. The zero-order valence-electron chi connectivity index (χ0n) is 18.4. The van der Waals surface area contributed by atoms with Crippen LogP contribution in [-0.4, -0.2) is 31.9 Å². The van der Waals surface area contributed by atoms with E-state index in [1.165, 1.54) is 34.9 Å². The third-order valence-corrected chi connectivity index (χ3v) is 6.34. The lowest BCUT2D eigenvalue weighted by Gasteiger charge is -2.40. The molecule has 0 radical (unpaired) electrons. The van der Waals surface area contributed by atoms with Crippen molar-refractivity contribution in [1.82, 2.24) is 15.2 Å². The maximum absolute atomic E-state index is 9.91. The van der Waals surface area contributed by atoms with Crippen LogP contribution in [0.25, 0.3) is 22.5 Å². The molecule has 0 atom stereocenters. The van der Waals surface area contributed by atoms with Gasteiger partial charge < -0.3 is 14.8 Å². The van der Waals surface area contributed by atoms with Crippen molar-refractivity contribution in [3.63, 3.8) is 0 Å². The molecule has 2 aliphatic carbocycles. The first-order chi connectivity index (χ1) is 14.1. The molecular weight excluding hydrogens is 376 g/mol. The van der Waals surface area contributed by atoms with Gasteiger partial charge in [-0.2, -0.15) is 0 Å². The Hall–Kier alpha value is -2.47. The van der Waals surface area contributed by atoms with E-state index in [2.05, 4.69) is 55.3 Å². The number of pyridine rings is 1. The van der Waals surface area contributed by atoms with Crippen LogP contribution in [0.5, 0.6) is 0 Å². The maximum atomic E-state index is 9.91. The highest BCUT2D eigenvalue weighted by atomic mass is 16.4. The monoisotopic (exact) mass is 406 g/mol. The highest BCUT2D eigenvalue weighted by molar-refractivity contribution is 5.88. The van der Waals surface area contributed by atoms with Crippen molar-refractivity contribution < 1.29 is 9.52 Å². The third-order valence-electron chi connectivity index (χ3n) is 6.34. The van der Waals surface area contributed by atoms with Gasteiger partial charge in [0.1, 0.15) is 5.69 Å². The number of nitrogens with one attached hydrogen (secondary N) is 1. The lowest BCUT2D eigenvalue weighted by Crippen LogP contribution is -2.48. The second-order valence-corrected chi connectivity index (χ2v) is 10.5. The molecule has 2 fully saturated rings. The van der Waals surface area contributed by atoms with E-state index in [1.807, 2.05) is 13.0 Å². The molecule has 0 bridgehead atoms. The lowest BCUT2D eigenvalue weighted by atomic mass is 9.77. The van der Waals surface area contributed by atoms with Crippen molar-refractivity contribution >= 4 is 16.9 Å². The van der Waals surface area contributed by atoms with E-state index < -0.39 is 5.60 Å². The number of aryl methyl sites for hydroxylation is 1. The minimum atomic E-state index is -0.597. The fourth-order valence-corrected chi connectivity index (χ4v) is 4.51. The van der Waals surface area contributed by atoms with Gasteiger partial charge in [0.2, 0.25) is 0 Å². The molecule has 0 unspecified atom stereocenters. The molecule has 2 aliphatic rings. The number of aromatic nitrogens is 3. The highest BCUT2D eigenvalue weighted by Crippen LogP contribution is 2.44. The van der Waals surface area contributed by atoms with Crippen molar-refractivity contribution in [2.45, 2.75) is 83.3 Å². The molecular formula is C24H30N4O2. The number of benzene rings is 1. The highest BCUT2D eigenvalue weighted by Gasteiger charge is 2.39. The average Bonchev–Trinajstić information content (AvgIpc) is 3.38. The molecule has 2 N–H and O–H groups in total. The maximum Gasteiger partial charge on any atom is 0.316 e. The Bertz CT molecular complexity index is 1110. The lowest BCUT2D eigenvalue weighted by molar-refractivity contribution is -0.0239. The summed E-state index contributed by atoms with van der Waals surface area (Å²) < 4.78 is 5.87. The summed E-state index contributed by atoms with van der Waals surface area (Å²) in [4.78, 5) is 4.98. The minimum absolute atomic E-state index is 0.00998. The Labute approximate surface area is 177 Å². The van der Waals surface area contributed by atoms with Gasteiger partial charge in [-0.25, -0.2) is 4.98 Å². The van der Waals surface area contributed by atoms with Crippen molar-refractivity contribution in [1.29, 1.82) is 0 Å². The summed E-state index contributed by atoms with van der Waals surface area (Å²) in [6, 6.07) is 7.24. The smallest absolute Gasteiger partial charge is 0.316 e. The average molecular weight is 407 g/mol. The molecule has 158 valence electrons. The zero-order valence-corrected chi connectivity index (χ0v) is 18.4. The molecule has 1 aromatic carbocycles. The Morgan fingerprint density at radius 1 is 1.13 bits per heavy atom.